The molecule has 0 saturated heterocycles. The van der Waals surface area contributed by atoms with Crippen molar-refractivity contribution in [3.8, 4) is 6.07 Å². The Bertz CT molecular complexity index is 749. The molecule has 0 spiro atoms. The van der Waals surface area contributed by atoms with Gasteiger partial charge in [-0.25, -0.2) is 0 Å². The largest absolute Gasteiger partial charge is 0.480 e. The summed E-state index contributed by atoms with van der Waals surface area (Å²) in [6.07, 6.45) is 6.83. The number of aryl methyl sites for hydroxylation is 2. The molecule has 1 aromatic rings. The van der Waals surface area contributed by atoms with Crippen LogP contribution in [0.5, 0.6) is 0 Å². The molecular formula is C20H25N3O3. The highest BCUT2D eigenvalue weighted by Gasteiger charge is 2.18. The minimum atomic E-state index is -1.15. The van der Waals surface area contributed by atoms with Crippen molar-refractivity contribution in [3.63, 3.8) is 0 Å². The topological polar surface area (TPSA) is 102 Å². The Kier molecular flexibility index (Phi) is 6.79. The molecule has 6 nitrogen and oxygen atoms in total. The number of aliphatic carboxylic acids is 1. The summed E-state index contributed by atoms with van der Waals surface area (Å²) < 4.78 is 0. The number of amides is 1. The highest BCUT2D eigenvalue weighted by molar-refractivity contribution is 5.99. The number of nitrogens with zero attached hydrogens (tertiary/aromatic N) is 1. The van der Waals surface area contributed by atoms with E-state index in [1.807, 2.05) is 13.0 Å². The number of carbonyl (C=O) groups excluding carboxylic acids is 1. The van der Waals surface area contributed by atoms with E-state index in [1.165, 1.54) is 37.1 Å². The number of carboxylic acids is 1. The third kappa shape index (κ3) is 4.85. The van der Waals surface area contributed by atoms with E-state index in [4.69, 9.17) is 5.11 Å². The average Bonchev–Trinajstić information content (AvgIpc) is 2.64. The summed E-state index contributed by atoms with van der Waals surface area (Å²) >= 11 is 0. The van der Waals surface area contributed by atoms with Crippen molar-refractivity contribution in [3.05, 3.63) is 46.7 Å². The number of rotatable bonds is 7. The Labute approximate surface area is 153 Å². The van der Waals surface area contributed by atoms with Crippen molar-refractivity contribution >= 4 is 11.9 Å². The number of carboxylic acid groups (broad SMARTS) is 1. The van der Waals surface area contributed by atoms with E-state index in [-0.39, 0.29) is 11.6 Å². The van der Waals surface area contributed by atoms with Gasteiger partial charge in [0.1, 0.15) is 17.7 Å². The summed E-state index contributed by atoms with van der Waals surface area (Å²) in [5.41, 5.74) is 3.77. The average molecular weight is 355 g/mol. The van der Waals surface area contributed by atoms with Crippen LogP contribution < -0.4 is 10.6 Å². The maximum Gasteiger partial charge on any atom is 0.325 e. The number of nitrogens with one attached hydrogen (secondary N) is 2. The highest BCUT2D eigenvalue weighted by Crippen LogP contribution is 2.26. The van der Waals surface area contributed by atoms with E-state index < -0.39 is 17.9 Å². The van der Waals surface area contributed by atoms with Crippen LogP contribution >= 0.6 is 0 Å². The monoisotopic (exact) mass is 355 g/mol. The van der Waals surface area contributed by atoms with Gasteiger partial charge in [0.2, 0.25) is 0 Å². The van der Waals surface area contributed by atoms with Gasteiger partial charge < -0.3 is 15.7 Å². The first-order valence-corrected chi connectivity index (χ1v) is 8.98. The van der Waals surface area contributed by atoms with Crippen LogP contribution in [0.1, 0.15) is 55.8 Å². The Morgan fingerprint density at radius 3 is 2.62 bits per heavy atom. The van der Waals surface area contributed by atoms with Crippen LogP contribution in [-0.2, 0) is 22.4 Å². The molecule has 1 aliphatic rings. The number of nitriles is 1. The van der Waals surface area contributed by atoms with Gasteiger partial charge in [-0.05, 0) is 55.7 Å². The van der Waals surface area contributed by atoms with Gasteiger partial charge in [-0.1, -0.05) is 25.1 Å². The smallest absolute Gasteiger partial charge is 0.325 e. The molecule has 2 atom stereocenters. The zero-order valence-electron chi connectivity index (χ0n) is 15.2. The predicted molar refractivity (Wildman–Crippen MR) is 98.2 cm³/mol. The summed E-state index contributed by atoms with van der Waals surface area (Å²) in [5.74, 6) is -1.85. The molecule has 1 amide bonds. The molecule has 0 fully saturated rings. The molecule has 1 aliphatic carbocycles. The third-order valence-corrected chi connectivity index (χ3v) is 4.70. The van der Waals surface area contributed by atoms with Gasteiger partial charge >= 0.3 is 5.97 Å². The fourth-order valence-corrected chi connectivity index (χ4v) is 3.09. The molecule has 2 unspecified atom stereocenters. The van der Waals surface area contributed by atoms with Gasteiger partial charge in [-0.3, -0.25) is 9.59 Å². The Morgan fingerprint density at radius 2 is 2.00 bits per heavy atom. The van der Waals surface area contributed by atoms with Crippen molar-refractivity contribution in [2.75, 3.05) is 0 Å². The predicted octanol–water partition coefficient (Wildman–Crippen LogP) is 2.60. The summed E-state index contributed by atoms with van der Waals surface area (Å²) in [4.78, 5) is 22.8. The zero-order valence-corrected chi connectivity index (χ0v) is 15.2. The SMILES string of the molecule is CCC(N/C=C(/C#N)C(=O)NC(C)C(=O)O)c1ccc2c(c1)CCCC2. The van der Waals surface area contributed by atoms with Crippen LogP contribution in [0.3, 0.4) is 0 Å². The Morgan fingerprint density at radius 1 is 1.31 bits per heavy atom. The minimum Gasteiger partial charge on any atom is -0.480 e. The molecule has 6 heteroatoms. The van der Waals surface area contributed by atoms with Crippen LogP contribution in [-0.4, -0.2) is 23.0 Å². The fraction of sp³-hybridized carbons (Fsp3) is 0.450. The molecule has 0 aliphatic heterocycles. The van der Waals surface area contributed by atoms with Crippen molar-refractivity contribution < 1.29 is 14.7 Å². The summed E-state index contributed by atoms with van der Waals surface area (Å²) in [5, 5.41) is 23.5. The second-order valence-electron chi connectivity index (χ2n) is 6.57. The van der Waals surface area contributed by atoms with Crippen LogP contribution in [0.2, 0.25) is 0 Å². The van der Waals surface area contributed by atoms with Crippen LogP contribution in [0.15, 0.2) is 30.0 Å². The van der Waals surface area contributed by atoms with Crippen molar-refractivity contribution in [2.45, 2.75) is 58.0 Å². The zero-order chi connectivity index (χ0) is 19.1. The lowest BCUT2D eigenvalue weighted by molar-refractivity contribution is -0.140. The van der Waals surface area contributed by atoms with Crippen LogP contribution in [0.4, 0.5) is 0 Å². The standard InChI is InChI=1S/C20H25N3O3/c1-3-18(16-9-8-14-6-4-5-7-15(14)10-16)22-12-17(11-21)19(24)23-13(2)20(25)26/h8-10,12-13,18,22H,3-7H2,1-2H3,(H,23,24)(H,25,26)/b17-12-. The molecule has 0 radical (unpaired) electrons. The quantitative estimate of drug-likeness (QED) is 0.515. The maximum absolute atomic E-state index is 12.0. The lowest BCUT2D eigenvalue weighted by Gasteiger charge is -2.21. The van der Waals surface area contributed by atoms with Gasteiger partial charge in [-0.2, -0.15) is 5.26 Å². The first-order valence-electron chi connectivity index (χ1n) is 8.98. The van der Waals surface area contributed by atoms with Crippen molar-refractivity contribution in [1.29, 1.82) is 5.26 Å². The van der Waals surface area contributed by atoms with E-state index in [1.54, 1.807) is 0 Å². The number of fused-ring (bicyclic) bond motifs is 1. The lowest BCUT2D eigenvalue weighted by atomic mass is 9.89. The number of carbonyl (C=O) groups is 2. The molecule has 0 bridgehead atoms. The van der Waals surface area contributed by atoms with E-state index in [9.17, 15) is 14.9 Å². The van der Waals surface area contributed by atoms with E-state index in [0.29, 0.717) is 0 Å². The van der Waals surface area contributed by atoms with Crippen LogP contribution in [0.25, 0.3) is 0 Å². The van der Waals surface area contributed by atoms with E-state index >= 15 is 0 Å². The molecule has 0 saturated carbocycles. The molecular weight excluding hydrogens is 330 g/mol. The van der Waals surface area contributed by atoms with E-state index in [0.717, 1.165) is 24.8 Å². The lowest BCUT2D eigenvalue weighted by Crippen LogP contribution is -2.39. The van der Waals surface area contributed by atoms with Crippen molar-refractivity contribution in [1.82, 2.24) is 10.6 Å². The maximum atomic E-state index is 12.0. The van der Waals surface area contributed by atoms with Gasteiger partial charge in [0.15, 0.2) is 0 Å². The molecule has 1 aromatic carbocycles. The normalized spacial score (nSPS) is 16.0. The molecule has 138 valence electrons. The Hall–Kier alpha value is -2.81. The van der Waals surface area contributed by atoms with E-state index in [2.05, 4.69) is 28.8 Å². The Balaban J connectivity index is 2.10. The van der Waals surface area contributed by atoms with Gasteiger partial charge in [0.05, 0.1) is 6.04 Å². The molecule has 0 aromatic heterocycles. The first kappa shape index (κ1) is 19.5. The molecule has 26 heavy (non-hydrogen) atoms. The second-order valence-corrected chi connectivity index (χ2v) is 6.57. The number of hydrogen-bond donors (Lipinski definition) is 3. The molecule has 3 N–H and O–H groups in total. The van der Waals surface area contributed by atoms with Gasteiger partial charge in [0, 0.05) is 6.20 Å². The second kappa shape index (κ2) is 9.04. The molecule has 0 heterocycles. The number of hydrogen-bond acceptors (Lipinski definition) is 4. The summed E-state index contributed by atoms with van der Waals surface area (Å²) in [7, 11) is 0. The first-order chi connectivity index (χ1) is 12.5. The highest BCUT2D eigenvalue weighted by atomic mass is 16.4. The summed E-state index contributed by atoms with van der Waals surface area (Å²) in [6, 6.07) is 7.22. The van der Waals surface area contributed by atoms with Gasteiger partial charge in [0.25, 0.3) is 5.91 Å². The molecule has 2 rings (SSSR count). The third-order valence-electron chi connectivity index (χ3n) is 4.70. The van der Waals surface area contributed by atoms with Crippen molar-refractivity contribution in [2.24, 2.45) is 0 Å². The van der Waals surface area contributed by atoms with Crippen LogP contribution in [0, 0.1) is 11.3 Å². The summed E-state index contributed by atoms with van der Waals surface area (Å²) in [6.45, 7) is 3.38. The van der Waals surface area contributed by atoms with Gasteiger partial charge in [-0.15, -0.1) is 0 Å². The minimum absolute atomic E-state index is 0.0183. The number of benzene rings is 1. The fourth-order valence-electron chi connectivity index (χ4n) is 3.09.